The zero-order valence-corrected chi connectivity index (χ0v) is 18.0. The van der Waals surface area contributed by atoms with Crippen molar-refractivity contribution < 1.29 is 19.1 Å². The number of hydrogen-bond acceptors (Lipinski definition) is 5. The van der Waals surface area contributed by atoms with E-state index in [1.165, 1.54) is 0 Å². The van der Waals surface area contributed by atoms with Crippen LogP contribution in [0.4, 0.5) is 4.79 Å². The van der Waals surface area contributed by atoms with Gasteiger partial charge >= 0.3 is 12.1 Å². The lowest BCUT2D eigenvalue weighted by Gasteiger charge is -2.54. The first-order valence-electron chi connectivity index (χ1n) is 10.6. The van der Waals surface area contributed by atoms with Gasteiger partial charge in [0.2, 0.25) is 0 Å². The van der Waals surface area contributed by atoms with Crippen molar-refractivity contribution >= 4 is 12.1 Å². The summed E-state index contributed by atoms with van der Waals surface area (Å²) in [6.45, 7) is 10.6. The van der Waals surface area contributed by atoms with Gasteiger partial charge in [-0.05, 0) is 57.6 Å². The van der Waals surface area contributed by atoms with Gasteiger partial charge in [-0.3, -0.25) is 4.79 Å². The van der Waals surface area contributed by atoms with E-state index in [1.54, 1.807) is 0 Å². The lowest BCUT2D eigenvalue weighted by Crippen LogP contribution is -2.61. The predicted molar refractivity (Wildman–Crippen MR) is 111 cm³/mol. The van der Waals surface area contributed by atoms with Crippen LogP contribution >= 0.6 is 0 Å². The molecule has 6 heteroatoms. The Labute approximate surface area is 174 Å². The van der Waals surface area contributed by atoms with Crippen molar-refractivity contribution in [3.05, 3.63) is 35.9 Å². The molecule has 0 unspecified atom stereocenters. The summed E-state index contributed by atoms with van der Waals surface area (Å²) < 4.78 is 10.8. The second-order valence-electron chi connectivity index (χ2n) is 9.43. The van der Waals surface area contributed by atoms with Gasteiger partial charge in [0.1, 0.15) is 12.2 Å². The summed E-state index contributed by atoms with van der Waals surface area (Å²) >= 11 is 0. The lowest BCUT2D eigenvalue weighted by atomic mass is 9.72. The first kappa shape index (κ1) is 21.6. The summed E-state index contributed by atoms with van der Waals surface area (Å²) in [5.41, 5.74) is 0.914. The molecule has 160 valence electrons. The minimum absolute atomic E-state index is 0.130. The van der Waals surface area contributed by atoms with Crippen LogP contribution in [0.15, 0.2) is 30.3 Å². The molecule has 0 aliphatic carbocycles. The van der Waals surface area contributed by atoms with Gasteiger partial charge in [0, 0.05) is 32.6 Å². The Morgan fingerprint density at radius 2 is 1.72 bits per heavy atom. The largest absolute Gasteiger partial charge is 0.461 e. The highest BCUT2D eigenvalue weighted by Crippen LogP contribution is 2.40. The van der Waals surface area contributed by atoms with E-state index in [2.05, 4.69) is 4.90 Å². The van der Waals surface area contributed by atoms with Crippen LogP contribution in [0.3, 0.4) is 0 Å². The van der Waals surface area contributed by atoms with Crippen LogP contribution in [0.1, 0.15) is 52.0 Å². The summed E-state index contributed by atoms with van der Waals surface area (Å²) in [5.74, 6) is -0.130. The van der Waals surface area contributed by atoms with E-state index in [4.69, 9.17) is 9.47 Å². The quantitative estimate of drug-likeness (QED) is 0.677. The van der Waals surface area contributed by atoms with Crippen LogP contribution in [0, 0.1) is 5.41 Å². The Morgan fingerprint density at radius 1 is 1.07 bits per heavy atom. The fraction of sp³-hybridized carbons (Fsp3) is 0.652. The molecule has 1 aromatic carbocycles. The zero-order chi connectivity index (χ0) is 20.9. The van der Waals surface area contributed by atoms with Gasteiger partial charge in [0.05, 0.1) is 0 Å². The number of benzene rings is 1. The fourth-order valence-electron chi connectivity index (χ4n) is 4.12. The van der Waals surface area contributed by atoms with Crippen LogP contribution in [0.25, 0.3) is 0 Å². The highest BCUT2D eigenvalue weighted by molar-refractivity contribution is 5.69. The minimum atomic E-state index is -0.443. The molecule has 2 fully saturated rings. The average molecular weight is 403 g/mol. The number of carbonyl (C=O) groups excluding carboxylic acids is 2. The van der Waals surface area contributed by atoms with Gasteiger partial charge in [0.25, 0.3) is 0 Å². The standard InChI is InChI=1S/C23H34N2O4/c1-22(2,3)29-21(27)25-14-11-23(12-15-25)17-24(18-23)13-7-10-20(26)28-16-19-8-5-4-6-9-19/h4-6,8-9H,7,10-18H2,1-3H3. The third-order valence-corrected chi connectivity index (χ3v) is 5.69. The Kier molecular flexibility index (Phi) is 6.83. The molecular formula is C23H34N2O4. The van der Waals surface area contributed by atoms with Gasteiger partial charge in [-0.15, -0.1) is 0 Å². The SMILES string of the molecule is CC(C)(C)OC(=O)N1CCC2(CC1)CN(CCCC(=O)OCc1ccccc1)C2. The van der Waals surface area contributed by atoms with Gasteiger partial charge < -0.3 is 19.3 Å². The summed E-state index contributed by atoms with van der Waals surface area (Å²) in [5, 5.41) is 0. The van der Waals surface area contributed by atoms with E-state index < -0.39 is 5.60 Å². The highest BCUT2D eigenvalue weighted by Gasteiger charge is 2.45. The predicted octanol–water partition coefficient (Wildman–Crippen LogP) is 3.84. The van der Waals surface area contributed by atoms with E-state index in [0.29, 0.717) is 18.4 Å². The van der Waals surface area contributed by atoms with Crippen LogP contribution in [0.5, 0.6) is 0 Å². The first-order chi connectivity index (χ1) is 13.7. The third-order valence-electron chi connectivity index (χ3n) is 5.69. The number of hydrogen-bond donors (Lipinski definition) is 0. The first-order valence-corrected chi connectivity index (χ1v) is 10.6. The van der Waals surface area contributed by atoms with Gasteiger partial charge in [-0.1, -0.05) is 30.3 Å². The molecule has 6 nitrogen and oxygen atoms in total. The van der Waals surface area contributed by atoms with Gasteiger partial charge in [-0.25, -0.2) is 4.79 Å². The molecule has 0 N–H and O–H groups in total. The molecule has 1 amide bonds. The molecule has 2 aliphatic rings. The molecule has 1 spiro atoms. The van der Waals surface area contributed by atoms with Gasteiger partial charge in [0.15, 0.2) is 0 Å². The van der Waals surface area contributed by atoms with Crippen molar-refractivity contribution in [3.8, 4) is 0 Å². The number of likely N-dealkylation sites (tertiary alicyclic amines) is 2. The summed E-state index contributed by atoms with van der Waals surface area (Å²) in [7, 11) is 0. The lowest BCUT2D eigenvalue weighted by molar-refractivity contribution is -0.145. The van der Waals surface area contributed by atoms with E-state index >= 15 is 0 Å². The Morgan fingerprint density at radius 3 is 2.34 bits per heavy atom. The van der Waals surface area contributed by atoms with Crippen molar-refractivity contribution in [1.82, 2.24) is 9.80 Å². The molecule has 1 aromatic rings. The molecule has 29 heavy (non-hydrogen) atoms. The second kappa shape index (κ2) is 9.16. The maximum Gasteiger partial charge on any atom is 0.410 e. The number of rotatable bonds is 6. The zero-order valence-electron chi connectivity index (χ0n) is 18.0. The monoisotopic (exact) mass is 402 g/mol. The molecule has 0 atom stereocenters. The van der Waals surface area contributed by atoms with Crippen molar-refractivity contribution in [2.24, 2.45) is 5.41 Å². The van der Waals surface area contributed by atoms with E-state index in [-0.39, 0.29) is 12.1 Å². The molecule has 0 bridgehead atoms. The van der Waals surface area contributed by atoms with Crippen molar-refractivity contribution in [2.75, 3.05) is 32.7 Å². The number of nitrogens with zero attached hydrogens (tertiary/aromatic N) is 2. The van der Waals surface area contributed by atoms with Crippen LogP contribution in [-0.4, -0.2) is 60.2 Å². The topological polar surface area (TPSA) is 59.1 Å². The van der Waals surface area contributed by atoms with E-state index in [0.717, 1.165) is 57.5 Å². The Bertz CT molecular complexity index is 683. The van der Waals surface area contributed by atoms with Crippen LogP contribution < -0.4 is 0 Å². The maximum absolute atomic E-state index is 12.2. The number of ether oxygens (including phenoxy) is 2. The molecule has 0 aromatic heterocycles. The maximum atomic E-state index is 12.2. The summed E-state index contributed by atoms with van der Waals surface area (Å²) in [6.07, 6.45) is 3.15. The van der Waals surface area contributed by atoms with Crippen LogP contribution in [-0.2, 0) is 20.9 Å². The van der Waals surface area contributed by atoms with E-state index in [9.17, 15) is 9.59 Å². The Hall–Kier alpha value is -2.08. The Balaban J connectivity index is 1.28. The van der Waals surface area contributed by atoms with Crippen LogP contribution in [0.2, 0.25) is 0 Å². The molecule has 2 saturated heterocycles. The fourth-order valence-corrected chi connectivity index (χ4v) is 4.12. The van der Waals surface area contributed by atoms with Crippen molar-refractivity contribution in [2.45, 2.75) is 58.7 Å². The van der Waals surface area contributed by atoms with Gasteiger partial charge in [-0.2, -0.15) is 0 Å². The molecule has 2 heterocycles. The average Bonchev–Trinajstić information content (AvgIpc) is 2.65. The number of esters is 1. The molecule has 2 aliphatic heterocycles. The highest BCUT2D eigenvalue weighted by atomic mass is 16.6. The summed E-state index contributed by atoms with van der Waals surface area (Å²) in [6, 6.07) is 9.76. The number of carbonyl (C=O) groups is 2. The number of piperidine rings is 1. The summed E-state index contributed by atoms with van der Waals surface area (Å²) in [4.78, 5) is 28.3. The molecule has 0 radical (unpaired) electrons. The van der Waals surface area contributed by atoms with E-state index in [1.807, 2.05) is 56.0 Å². The third kappa shape index (κ3) is 6.46. The number of amides is 1. The van der Waals surface area contributed by atoms with Crippen molar-refractivity contribution in [1.29, 1.82) is 0 Å². The molecule has 0 saturated carbocycles. The minimum Gasteiger partial charge on any atom is -0.461 e. The normalized spacial score (nSPS) is 18.9. The molecule has 3 rings (SSSR count). The smallest absolute Gasteiger partial charge is 0.410 e. The second-order valence-corrected chi connectivity index (χ2v) is 9.43. The van der Waals surface area contributed by atoms with Crippen molar-refractivity contribution in [3.63, 3.8) is 0 Å². The molecular weight excluding hydrogens is 368 g/mol.